The average molecular weight is 552 g/mol. The molecule has 0 aliphatic heterocycles. The molecule has 5 aromatic rings. The summed E-state index contributed by atoms with van der Waals surface area (Å²) in [6.07, 6.45) is 9.76. The van der Waals surface area contributed by atoms with Crippen molar-refractivity contribution < 1.29 is 13.7 Å². The van der Waals surface area contributed by atoms with Crippen LogP contribution in [-0.2, 0) is 23.8 Å². The molecule has 0 saturated heterocycles. The summed E-state index contributed by atoms with van der Waals surface area (Å²) in [6.45, 7) is 0.651. The molecular weight excluding hydrogens is 518 g/mol. The number of hydrogen-bond donors (Lipinski definition) is 0. The van der Waals surface area contributed by atoms with Crippen molar-refractivity contribution in [2.24, 2.45) is 0 Å². The third kappa shape index (κ3) is 5.80. The van der Waals surface area contributed by atoms with Gasteiger partial charge in [0.25, 0.3) is 0 Å². The fourth-order valence-corrected chi connectivity index (χ4v) is 6.51. The van der Waals surface area contributed by atoms with Gasteiger partial charge in [-0.3, -0.25) is 4.98 Å². The lowest BCUT2D eigenvalue weighted by atomic mass is 9.98. The van der Waals surface area contributed by atoms with Gasteiger partial charge in [-0.25, -0.2) is 9.19 Å². The van der Waals surface area contributed by atoms with Crippen LogP contribution >= 0.6 is 0 Å². The molecule has 0 bridgehead atoms. The molecule has 7 heteroatoms. The minimum Gasteiger partial charge on any atom is -0.497 e. The van der Waals surface area contributed by atoms with E-state index >= 15 is 0 Å². The summed E-state index contributed by atoms with van der Waals surface area (Å²) in [5, 5.41) is 0. The molecule has 1 unspecified atom stereocenters. The van der Waals surface area contributed by atoms with Crippen LogP contribution in [-0.4, -0.2) is 32.0 Å². The van der Waals surface area contributed by atoms with Crippen LogP contribution in [0, 0.1) is 0 Å². The molecule has 0 amide bonds. The van der Waals surface area contributed by atoms with Crippen LogP contribution in [0.4, 0.5) is 0 Å². The second-order valence-electron chi connectivity index (χ2n) is 10.2. The van der Waals surface area contributed by atoms with Gasteiger partial charge in [-0.05, 0) is 67.1 Å². The maximum Gasteiger partial charge on any atom is 0.138 e. The monoisotopic (exact) mass is 551 g/mol. The molecule has 1 aliphatic rings. The number of pyridine rings is 1. The van der Waals surface area contributed by atoms with Crippen LogP contribution in [0.3, 0.4) is 0 Å². The number of methoxy groups -OCH3 is 1. The lowest BCUT2D eigenvalue weighted by Crippen LogP contribution is -2.20. The number of nitrogens with zero attached hydrogens (tertiary/aromatic N) is 3. The summed E-state index contributed by atoms with van der Waals surface area (Å²) in [5.74, 6) is 2.46. The standard InChI is InChI=1S/C33H33N3O3S/c1-38-26-14-12-25(13-15-26)23-36-30-22-31(39-27-10-6-3-7-11-27)32(40(37)28-16-18-34-19-17-28)21-29(30)35-33(36)20-24-8-4-2-5-9-24/h2,4-5,8-9,12-19,21-22,27H,3,6-7,10-11,20,23H2,1H3. The highest BCUT2D eigenvalue weighted by molar-refractivity contribution is 7.85. The van der Waals surface area contributed by atoms with Crippen molar-refractivity contribution in [1.82, 2.24) is 14.5 Å². The molecule has 0 spiro atoms. The van der Waals surface area contributed by atoms with Crippen molar-refractivity contribution in [2.75, 3.05) is 7.11 Å². The van der Waals surface area contributed by atoms with Crippen molar-refractivity contribution in [2.45, 2.75) is 61.0 Å². The van der Waals surface area contributed by atoms with Crippen LogP contribution in [0.2, 0.25) is 0 Å². The van der Waals surface area contributed by atoms with E-state index in [9.17, 15) is 4.21 Å². The molecule has 1 aliphatic carbocycles. The smallest absolute Gasteiger partial charge is 0.138 e. The SMILES string of the molecule is COc1ccc(Cn2c(Cc3ccccc3)nc3cc(S(=O)c4ccncc4)c(OC4CCCCC4)cc32)cc1. The van der Waals surface area contributed by atoms with Crippen molar-refractivity contribution in [3.05, 3.63) is 108 Å². The zero-order chi connectivity index (χ0) is 27.3. The fourth-order valence-electron chi connectivity index (χ4n) is 5.37. The van der Waals surface area contributed by atoms with Gasteiger partial charge >= 0.3 is 0 Å². The van der Waals surface area contributed by atoms with Crippen LogP contribution in [0.15, 0.2) is 101 Å². The maximum atomic E-state index is 13.8. The first-order valence-corrected chi connectivity index (χ1v) is 15.0. The quantitative estimate of drug-likeness (QED) is 0.198. The second-order valence-corrected chi connectivity index (χ2v) is 11.7. The molecule has 6 rings (SSSR count). The largest absolute Gasteiger partial charge is 0.497 e. The first-order chi connectivity index (χ1) is 19.7. The molecule has 1 atom stereocenters. The highest BCUT2D eigenvalue weighted by Gasteiger charge is 2.23. The van der Waals surface area contributed by atoms with Crippen LogP contribution in [0.5, 0.6) is 11.5 Å². The number of fused-ring (bicyclic) bond motifs is 1. The van der Waals surface area contributed by atoms with E-state index in [-0.39, 0.29) is 6.10 Å². The summed E-state index contributed by atoms with van der Waals surface area (Å²) in [4.78, 5) is 10.6. The van der Waals surface area contributed by atoms with Gasteiger partial charge in [-0.1, -0.05) is 48.9 Å². The van der Waals surface area contributed by atoms with Gasteiger partial charge < -0.3 is 14.0 Å². The Balaban J connectivity index is 1.47. The predicted octanol–water partition coefficient (Wildman–Crippen LogP) is 6.96. The van der Waals surface area contributed by atoms with Gasteiger partial charge in [0.2, 0.25) is 0 Å². The minimum atomic E-state index is -1.42. The molecule has 6 nitrogen and oxygen atoms in total. The number of ether oxygens (including phenoxy) is 2. The van der Waals surface area contributed by atoms with Gasteiger partial charge in [-0.15, -0.1) is 0 Å². The first kappa shape index (κ1) is 26.3. The summed E-state index contributed by atoms with van der Waals surface area (Å²) < 4.78 is 28.1. The third-order valence-electron chi connectivity index (χ3n) is 7.51. The van der Waals surface area contributed by atoms with Crippen molar-refractivity contribution >= 4 is 21.8 Å². The number of aromatic nitrogens is 3. The second kappa shape index (κ2) is 12.0. The zero-order valence-corrected chi connectivity index (χ0v) is 23.5. The minimum absolute atomic E-state index is 0.126. The molecule has 204 valence electrons. The number of hydrogen-bond acceptors (Lipinski definition) is 5. The van der Waals surface area contributed by atoms with Crippen molar-refractivity contribution in [1.29, 1.82) is 0 Å². The van der Waals surface area contributed by atoms with E-state index in [1.165, 1.54) is 12.0 Å². The lowest BCUT2D eigenvalue weighted by Gasteiger charge is -2.24. The van der Waals surface area contributed by atoms with E-state index in [1.54, 1.807) is 31.6 Å². The van der Waals surface area contributed by atoms with Gasteiger partial charge in [0.15, 0.2) is 0 Å². The third-order valence-corrected chi connectivity index (χ3v) is 8.93. The Morgan fingerprint density at radius 2 is 1.65 bits per heavy atom. The highest BCUT2D eigenvalue weighted by Crippen LogP contribution is 2.35. The van der Waals surface area contributed by atoms with Crippen molar-refractivity contribution in [3.8, 4) is 11.5 Å². The molecule has 40 heavy (non-hydrogen) atoms. The maximum absolute atomic E-state index is 13.8. The Labute approximate surface area is 237 Å². The van der Waals surface area contributed by atoms with Gasteiger partial charge in [0.05, 0.1) is 39.9 Å². The summed E-state index contributed by atoms with van der Waals surface area (Å²) >= 11 is 0. The van der Waals surface area contributed by atoms with E-state index in [0.29, 0.717) is 28.5 Å². The lowest BCUT2D eigenvalue weighted by molar-refractivity contribution is 0.151. The predicted molar refractivity (Wildman–Crippen MR) is 157 cm³/mol. The van der Waals surface area contributed by atoms with E-state index in [1.807, 2.05) is 24.3 Å². The number of rotatable bonds is 9. The molecule has 2 aromatic heterocycles. The Kier molecular flexibility index (Phi) is 7.91. The molecule has 0 radical (unpaired) electrons. The fraction of sp³-hybridized carbons (Fsp3) is 0.273. The van der Waals surface area contributed by atoms with E-state index < -0.39 is 10.8 Å². The van der Waals surface area contributed by atoms with Gasteiger partial charge in [0.1, 0.15) is 17.3 Å². The Morgan fingerprint density at radius 3 is 2.38 bits per heavy atom. The van der Waals surface area contributed by atoms with E-state index in [2.05, 4.69) is 52.0 Å². The normalized spacial score (nSPS) is 14.7. The van der Waals surface area contributed by atoms with Crippen LogP contribution in [0.1, 0.15) is 49.1 Å². The van der Waals surface area contributed by atoms with E-state index in [0.717, 1.165) is 53.9 Å². The number of imidazole rings is 1. The molecule has 1 fully saturated rings. The first-order valence-electron chi connectivity index (χ1n) is 13.9. The topological polar surface area (TPSA) is 66.2 Å². The van der Waals surface area contributed by atoms with Crippen LogP contribution < -0.4 is 9.47 Å². The van der Waals surface area contributed by atoms with Crippen LogP contribution in [0.25, 0.3) is 11.0 Å². The Morgan fingerprint density at radius 1 is 0.900 bits per heavy atom. The highest BCUT2D eigenvalue weighted by atomic mass is 32.2. The summed E-state index contributed by atoms with van der Waals surface area (Å²) in [7, 11) is 0.254. The zero-order valence-electron chi connectivity index (χ0n) is 22.7. The van der Waals surface area contributed by atoms with Gasteiger partial charge in [0, 0.05) is 36.3 Å². The molecule has 0 N–H and O–H groups in total. The van der Waals surface area contributed by atoms with E-state index in [4.69, 9.17) is 14.5 Å². The van der Waals surface area contributed by atoms with Gasteiger partial charge in [-0.2, -0.15) is 0 Å². The number of benzene rings is 3. The Hall–Kier alpha value is -3.97. The molecule has 1 saturated carbocycles. The Bertz CT molecular complexity index is 1600. The van der Waals surface area contributed by atoms with Crippen molar-refractivity contribution in [3.63, 3.8) is 0 Å². The molecular formula is C33H33N3O3S. The molecule has 2 heterocycles. The summed E-state index contributed by atoms with van der Waals surface area (Å²) in [6, 6.07) is 26.1. The molecule has 3 aromatic carbocycles. The average Bonchev–Trinajstić information content (AvgIpc) is 3.33. The summed E-state index contributed by atoms with van der Waals surface area (Å²) in [5.41, 5.74) is 4.12.